The van der Waals surface area contributed by atoms with E-state index in [1.54, 1.807) is 23.1 Å². The Hall–Kier alpha value is -0.370. The van der Waals surface area contributed by atoms with Crippen LogP contribution in [0.4, 0.5) is 0 Å². The topological polar surface area (TPSA) is 67.6 Å². The predicted octanol–water partition coefficient (Wildman–Crippen LogP) is 3.51. The van der Waals surface area contributed by atoms with E-state index in [1.165, 1.54) is 4.88 Å². The summed E-state index contributed by atoms with van der Waals surface area (Å²) in [6, 6.07) is 4.26. The lowest BCUT2D eigenvalue weighted by atomic mass is 10.1. The van der Waals surface area contributed by atoms with Gasteiger partial charge in [0.2, 0.25) is 5.16 Å². The number of nitrogens with zero attached hydrogens (tertiary/aromatic N) is 2. The van der Waals surface area contributed by atoms with Crippen LogP contribution in [0.25, 0.3) is 0 Å². The molecule has 0 saturated heterocycles. The summed E-state index contributed by atoms with van der Waals surface area (Å²) in [6.45, 7) is 4.00. The van der Waals surface area contributed by atoms with Gasteiger partial charge in [0, 0.05) is 10.9 Å². The van der Waals surface area contributed by atoms with Crippen molar-refractivity contribution in [1.82, 2.24) is 15.2 Å². The number of rotatable bonds is 5. The standard InChI is InChI=1S/C11H15BrN4S2/c1-3-7(13)10(8-4-5-9(12)17-8)18-11-14-6(2)15-16-11/h4-5,7,10H,3,13H2,1-2H3,(H,14,15,16). The van der Waals surface area contributed by atoms with Crippen molar-refractivity contribution in [3.8, 4) is 0 Å². The van der Waals surface area contributed by atoms with Gasteiger partial charge in [0.1, 0.15) is 5.82 Å². The summed E-state index contributed by atoms with van der Waals surface area (Å²) >= 11 is 6.83. The summed E-state index contributed by atoms with van der Waals surface area (Å²) in [6.07, 6.45) is 0.927. The normalized spacial score (nSPS) is 14.7. The molecule has 0 saturated carbocycles. The van der Waals surface area contributed by atoms with Crippen LogP contribution in [0.1, 0.15) is 29.3 Å². The van der Waals surface area contributed by atoms with E-state index in [0.717, 1.165) is 21.2 Å². The first-order valence-electron chi connectivity index (χ1n) is 5.66. The average molecular weight is 347 g/mol. The van der Waals surface area contributed by atoms with Crippen molar-refractivity contribution >= 4 is 39.0 Å². The van der Waals surface area contributed by atoms with Crippen LogP contribution >= 0.6 is 39.0 Å². The number of aromatic nitrogens is 3. The van der Waals surface area contributed by atoms with Crippen LogP contribution in [0.5, 0.6) is 0 Å². The molecule has 4 nitrogen and oxygen atoms in total. The molecule has 2 atom stereocenters. The Morgan fingerprint density at radius 3 is 2.83 bits per heavy atom. The molecule has 0 fully saturated rings. The maximum atomic E-state index is 6.22. The van der Waals surface area contributed by atoms with E-state index in [1.807, 2.05) is 6.92 Å². The highest BCUT2D eigenvalue weighted by atomic mass is 79.9. The van der Waals surface area contributed by atoms with Gasteiger partial charge < -0.3 is 5.73 Å². The molecule has 2 aromatic heterocycles. The Kier molecular flexibility index (Phi) is 4.83. The molecular weight excluding hydrogens is 332 g/mol. The van der Waals surface area contributed by atoms with Gasteiger partial charge in [-0.25, -0.2) is 4.98 Å². The van der Waals surface area contributed by atoms with Gasteiger partial charge in [0.15, 0.2) is 0 Å². The van der Waals surface area contributed by atoms with Gasteiger partial charge in [-0.15, -0.1) is 16.4 Å². The minimum absolute atomic E-state index is 0.0966. The molecule has 3 N–H and O–H groups in total. The Balaban J connectivity index is 2.20. The third-order valence-electron chi connectivity index (χ3n) is 2.54. The second-order valence-corrected chi connectivity index (χ2v) is 7.56. The molecule has 0 spiro atoms. The van der Waals surface area contributed by atoms with E-state index in [0.29, 0.717) is 0 Å². The molecule has 2 aromatic rings. The van der Waals surface area contributed by atoms with Crippen molar-refractivity contribution in [2.45, 2.75) is 36.7 Å². The van der Waals surface area contributed by atoms with Crippen molar-refractivity contribution in [1.29, 1.82) is 0 Å². The van der Waals surface area contributed by atoms with Gasteiger partial charge in [0.25, 0.3) is 0 Å². The first kappa shape index (κ1) is 14.0. The molecule has 0 amide bonds. The van der Waals surface area contributed by atoms with E-state index >= 15 is 0 Å². The summed E-state index contributed by atoms with van der Waals surface area (Å²) in [5.74, 6) is 0.827. The van der Waals surface area contributed by atoms with Crippen LogP contribution in [-0.4, -0.2) is 21.2 Å². The van der Waals surface area contributed by atoms with Crippen molar-refractivity contribution in [3.63, 3.8) is 0 Å². The molecule has 2 rings (SSSR count). The Bertz CT molecular complexity index is 511. The smallest absolute Gasteiger partial charge is 0.209 e. The van der Waals surface area contributed by atoms with Crippen molar-refractivity contribution in [3.05, 3.63) is 26.6 Å². The van der Waals surface area contributed by atoms with Crippen LogP contribution in [0.2, 0.25) is 0 Å². The number of nitrogens with one attached hydrogen (secondary N) is 1. The monoisotopic (exact) mass is 346 g/mol. The van der Waals surface area contributed by atoms with Crippen LogP contribution in [0.15, 0.2) is 21.1 Å². The highest BCUT2D eigenvalue weighted by Crippen LogP contribution is 2.40. The number of hydrogen-bond donors (Lipinski definition) is 2. The van der Waals surface area contributed by atoms with Crippen LogP contribution in [-0.2, 0) is 0 Å². The van der Waals surface area contributed by atoms with Crippen molar-refractivity contribution < 1.29 is 0 Å². The number of thioether (sulfide) groups is 1. The summed E-state index contributed by atoms with van der Waals surface area (Å²) in [7, 11) is 0. The van der Waals surface area contributed by atoms with Gasteiger partial charge in [-0.05, 0) is 41.4 Å². The maximum Gasteiger partial charge on any atom is 0.209 e. The number of aryl methyl sites for hydroxylation is 1. The molecule has 0 aliphatic heterocycles. The largest absolute Gasteiger partial charge is 0.326 e. The number of thiophene rings is 1. The summed E-state index contributed by atoms with van der Waals surface area (Å²) in [5, 5.41) is 7.98. The molecular formula is C11H15BrN4S2. The maximum absolute atomic E-state index is 6.22. The number of hydrogen-bond acceptors (Lipinski definition) is 5. The summed E-state index contributed by atoms with van der Waals surface area (Å²) in [4.78, 5) is 5.59. The quantitative estimate of drug-likeness (QED) is 0.813. The highest BCUT2D eigenvalue weighted by molar-refractivity contribution is 9.11. The number of halogens is 1. The first-order valence-corrected chi connectivity index (χ1v) is 8.15. The molecule has 18 heavy (non-hydrogen) atoms. The SMILES string of the molecule is CCC(N)C(Sc1n[nH]c(C)n1)c1ccc(Br)s1. The lowest BCUT2D eigenvalue weighted by Crippen LogP contribution is -2.25. The van der Waals surface area contributed by atoms with E-state index in [2.05, 4.69) is 50.2 Å². The minimum atomic E-state index is 0.0966. The zero-order valence-corrected chi connectivity index (χ0v) is 13.4. The molecule has 98 valence electrons. The van der Waals surface area contributed by atoms with Crippen molar-refractivity contribution in [2.75, 3.05) is 0 Å². The Morgan fingerprint density at radius 2 is 2.33 bits per heavy atom. The van der Waals surface area contributed by atoms with Crippen LogP contribution in [0.3, 0.4) is 0 Å². The highest BCUT2D eigenvalue weighted by Gasteiger charge is 2.23. The molecule has 0 aliphatic carbocycles. The number of aromatic amines is 1. The Labute approximate surface area is 123 Å². The molecule has 7 heteroatoms. The lowest BCUT2D eigenvalue weighted by Gasteiger charge is -2.19. The zero-order chi connectivity index (χ0) is 13.1. The lowest BCUT2D eigenvalue weighted by molar-refractivity contribution is 0.638. The zero-order valence-electron chi connectivity index (χ0n) is 10.2. The predicted molar refractivity (Wildman–Crippen MR) is 80.0 cm³/mol. The second-order valence-electron chi connectivity index (χ2n) is 3.96. The Morgan fingerprint density at radius 1 is 1.56 bits per heavy atom. The second kappa shape index (κ2) is 6.18. The third-order valence-corrected chi connectivity index (χ3v) is 5.65. The molecule has 2 unspecified atom stereocenters. The number of nitrogens with two attached hydrogens (primary N) is 1. The van der Waals surface area contributed by atoms with E-state index in [4.69, 9.17) is 5.73 Å². The third kappa shape index (κ3) is 3.34. The summed E-state index contributed by atoms with van der Waals surface area (Å²) < 4.78 is 1.12. The van der Waals surface area contributed by atoms with Gasteiger partial charge in [-0.1, -0.05) is 18.7 Å². The van der Waals surface area contributed by atoms with Gasteiger partial charge in [0.05, 0.1) is 9.04 Å². The minimum Gasteiger partial charge on any atom is -0.326 e. The van der Waals surface area contributed by atoms with Crippen LogP contribution < -0.4 is 5.73 Å². The van der Waals surface area contributed by atoms with E-state index in [9.17, 15) is 0 Å². The first-order chi connectivity index (χ1) is 8.60. The van der Waals surface area contributed by atoms with Crippen molar-refractivity contribution in [2.24, 2.45) is 5.73 Å². The number of H-pyrrole nitrogens is 1. The summed E-state index contributed by atoms with van der Waals surface area (Å²) in [5.41, 5.74) is 6.22. The van der Waals surface area contributed by atoms with E-state index < -0.39 is 0 Å². The van der Waals surface area contributed by atoms with E-state index in [-0.39, 0.29) is 11.3 Å². The van der Waals surface area contributed by atoms with Gasteiger partial charge in [-0.2, -0.15) is 0 Å². The van der Waals surface area contributed by atoms with Gasteiger partial charge >= 0.3 is 0 Å². The fourth-order valence-electron chi connectivity index (χ4n) is 1.54. The fourth-order valence-corrected chi connectivity index (χ4v) is 4.39. The molecule has 0 aromatic carbocycles. The average Bonchev–Trinajstić information content (AvgIpc) is 2.94. The molecule has 2 heterocycles. The van der Waals surface area contributed by atoms with Crippen LogP contribution in [0, 0.1) is 6.92 Å². The fraction of sp³-hybridized carbons (Fsp3) is 0.455. The molecule has 0 radical (unpaired) electrons. The van der Waals surface area contributed by atoms with Gasteiger partial charge in [-0.3, -0.25) is 5.10 Å². The molecule has 0 bridgehead atoms. The molecule has 0 aliphatic rings.